The molecule has 7 nitrogen and oxygen atoms in total. The minimum Gasteiger partial charge on any atom is -0.388 e. The van der Waals surface area contributed by atoms with Gasteiger partial charge in [-0.2, -0.15) is 0 Å². The second-order valence-electron chi connectivity index (χ2n) is 8.67. The Bertz CT molecular complexity index is 548. The molecule has 0 aromatic rings. The first-order valence-corrected chi connectivity index (χ1v) is 13.0. The van der Waals surface area contributed by atoms with Gasteiger partial charge in [0.25, 0.3) is 0 Å². The number of hydrogen-bond donors (Lipinski definition) is 5. The van der Waals surface area contributed by atoms with E-state index in [0.29, 0.717) is 18.8 Å². The van der Waals surface area contributed by atoms with E-state index in [4.69, 9.17) is 16.3 Å². The maximum Gasteiger partial charge on any atom is 0.237 e. The van der Waals surface area contributed by atoms with Gasteiger partial charge >= 0.3 is 0 Å². The molecule has 2 aliphatic heterocycles. The molecule has 31 heavy (non-hydrogen) atoms. The molecule has 0 aliphatic carbocycles. The maximum atomic E-state index is 13.0. The number of aliphatic hydroxyl groups excluding tert-OH is 3. The smallest absolute Gasteiger partial charge is 0.237 e. The van der Waals surface area contributed by atoms with Crippen LogP contribution in [0.25, 0.3) is 0 Å². The van der Waals surface area contributed by atoms with Crippen LogP contribution in [0.15, 0.2) is 0 Å². The average molecular weight is 485 g/mol. The van der Waals surface area contributed by atoms with Crippen LogP contribution in [-0.2, 0) is 9.53 Å². The zero-order valence-corrected chi connectivity index (χ0v) is 20.0. The quantitative estimate of drug-likeness (QED) is 0.236. The topological polar surface area (TPSA) is 111 Å². The number of nitrogens with one attached hydrogen (secondary N) is 2. The Balaban J connectivity index is 1.94. The minimum atomic E-state index is -1.39. The highest BCUT2D eigenvalue weighted by atomic mass is 35.5. The van der Waals surface area contributed by atoms with Crippen LogP contribution >= 0.6 is 23.4 Å². The third-order valence-electron chi connectivity index (χ3n) is 6.37. The van der Waals surface area contributed by atoms with Gasteiger partial charge in [-0.05, 0) is 51.3 Å². The predicted octanol–water partition coefficient (Wildman–Crippen LogP) is 1.56. The van der Waals surface area contributed by atoms with Crippen LogP contribution in [-0.4, -0.2) is 88.0 Å². The summed E-state index contributed by atoms with van der Waals surface area (Å²) in [7, 11) is 0. The normalized spacial score (nSPS) is 36.4. The zero-order valence-electron chi connectivity index (χ0n) is 18.4. The van der Waals surface area contributed by atoms with Crippen molar-refractivity contribution in [3.05, 3.63) is 0 Å². The van der Waals surface area contributed by atoms with E-state index in [1.54, 1.807) is 13.2 Å². The zero-order chi connectivity index (χ0) is 23.0. The number of aliphatic hydroxyl groups is 3. The molecule has 0 aromatic carbocycles. The Labute approximate surface area is 193 Å². The van der Waals surface area contributed by atoms with E-state index < -0.39 is 41.3 Å². The van der Waals surface area contributed by atoms with Gasteiger partial charge in [-0.3, -0.25) is 9.18 Å². The second kappa shape index (κ2) is 13.5. The minimum absolute atomic E-state index is 0.215. The molecule has 5 N–H and O–H groups in total. The highest BCUT2D eigenvalue weighted by Gasteiger charge is 2.48. The van der Waals surface area contributed by atoms with Gasteiger partial charge in [0, 0.05) is 0 Å². The lowest BCUT2D eigenvalue weighted by atomic mass is 9.92. The molecular weight excluding hydrogens is 447 g/mol. The fraction of sp³-hybridized carbons (Fsp3) is 0.952. The van der Waals surface area contributed by atoms with Crippen molar-refractivity contribution in [3.63, 3.8) is 0 Å². The third-order valence-corrected chi connectivity index (χ3v) is 7.49. The number of halogens is 2. The summed E-state index contributed by atoms with van der Waals surface area (Å²) in [6.45, 7) is 2.17. The lowest BCUT2D eigenvalue weighted by molar-refractivity contribution is -0.205. The van der Waals surface area contributed by atoms with Gasteiger partial charge in [-0.1, -0.05) is 19.3 Å². The lowest BCUT2D eigenvalue weighted by Crippen LogP contribution is -2.65. The number of rotatable bonds is 10. The molecular formula is C21H38ClFN2O5S. The van der Waals surface area contributed by atoms with Crippen LogP contribution in [0.2, 0.25) is 0 Å². The molecule has 2 heterocycles. The molecule has 10 heteroatoms. The van der Waals surface area contributed by atoms with E-state index in [1.165, 1.54) is 11.8 Å². The highest BCUT2D eigenvalue weighted by molar-refractivity contribution is 7.99. The van der Waals surface area contributed by atoms with E-state index >= 15 is 0 Å². The molecule has 9 atom stereocenters. The molecule has 0 saturated carbocycles. The standard InChI is InChI=1S/C21H38ClFN2O5S/c1-12(22)15(19-17(27)16(26)18(28)21(30-19)31-2)25-20(29)14-8-7-13(9-11-24-14)6-4-3-5-10-23/h12-19,21,24,26-28H,3-11H2,1-2H3,(H,25,29). The molecule has 0 aromatic heterocycles. The summed E-state index contributed by atoms with van der Waals surface area (Å²) >= 11 is 7.55. The molecule has 2 saturated heterocycles. The molecule has 2 fully saturated rings. The third kappa shape index (κ3) is 7.69. The van der Waals surface area contributed by atoms with Crippen LogP contribution in [0.3, 0.4) is 0 Å². The van der Waals surface area contributed by atoms with E-state index in [9.17, 15) is 24.5 Å². The fourth-order valence-corrected chi connectivity index (χ4v) is 5.30. The summed E-state index contributed by atoms with van der Waals surface area (Å²) in [6.07, 6.45) is 2.98. The van der Waals surface area contributed by atoms with Crippen LogP contribution < -0.4 is 10.6 Å². The van der Waals surface area contributed by atoms with Crippen LogP contribution in [0, 0.1) is 5.92 Å². The van der Waals surface area contributed by atoms with Gasteiger partial charge < -0.3 is 30.7 Å². The lowest BCUT2D eigenvalue weighted by Gasteiger charge is -2.44. The van der Waals surface area contributed by atoms with Crippen molar-refractivity contribution in [1.82, 2.24) is 10.6 Å². The number of thioether (sulfide) groups is 1. The van der Waals surface area contributed by atoms with Crippen molar-refractivity contribution in [1.29, 1.82) is 0 Å². The Morgan fingerprint density at radius 3 is 2.58 bits per heavy atom. The summed E-state index contributed by atoms with van der Waals surface area (Å²) in [6, 6.07) is -1.11. The summed E-state index contributed by atoms with van der Waals surface area (Å²) in [4.78, 5) is 13.0. The van der Waals surface area contributed by atoms with E-state index in [-0.39, 0.29) is 18.6 Å². The monoisotopic (exact) mass is 484 g/mol. The van der Waals surface area contributed by atoms with Crippen LogP contribution in [0.5, 0.6) is 0 Å². The summed E-state index contributed by atoms with van der Waals surface area (Å²) < 4.78 is 18.1. The number of amides is 1. The number of ether oxygens (including phenoxy) is 1. The first kappa shape index (κ1) is 27.1. The Hall–Kier alpha value is -0.160. The van der Waals surface area contributed by atoms with Gasteiger partial charge in [0.15, 0.2) is 0 Å². The average Bonchev–Trinajstić information content (AvgIpc) is 2.99. The molecule has 2 rings (SSSR count). The van der Waals surface area contributed by atoms with Crippen molar-refractivity contribution >= 4 is 29.3 Å². The molecule has 0 radical (unpaired) electrons. The Morgan fingerprint density at radius 2 is 1.94 bits per heavy atom. The number of unbranched alkanes of at least 4 members (excludes halogenated alkanes) is 2. The van der Waals surface area contributed by atoms with Crippen molar-refractivity contribution in [2.75, 3.05) is 19.5 Å². The number of alkyl halides is 2. The predicted molar refractivity (Wildman–Crippen MR) is 121 cm³/mol. The number of carbonyl (C=O) groups excluding carboxylic acids is 1. The fourth-order valence-electron chi connectivity index (χ4n) is 4.42. The van der Waals surface area contributed by atoms with E-state index in [1.807, 2.05) is 0 Å². The molecule has 1 amide bonds. The molecule has 9 unspecified atom stereocenters. The highest BCUT2D eigenvalue weighted by Crippen LogP contribution is 2.30. The van der Waals surface area contributed by atoms with Crippen molar-refractivity contribution in [3.8, 4) is 0 Å². The molecule has 182 valence electrons. The summed E-state index contributed by atoms with van der Waals surface area (Å²) in [5.74, 6) is 0.308. The first-order chi connectivity index (χ1) is 14.8. The Kier molecular flexibility index (Phi) is 11.8. The largest absolute Gasteiger partial charge is 0.388 e. The molecule has 0 bridgehead atoms. The maximum absolute atomic E-state index is 13.0. The van der Waals surface area contributed by atoms with Gasteiger partial charge in [0.2, 0.25) is 5.91 Å². The number of carbonyl (C=O) groups is 1. The summed E-state index contributed by atoms with van der Waals surface area (Å²) in [5.41, 5.74) is -0.729. The molecule has 0 spiro atoms. The van der Waals surface area contributed by atoms with Crippen LogP contribution in [0.4, 0.5) is 4.39 Å². The van der Waals surface area contributed by atoms with Crippen molar-refractivity contribution in [2.24, 2.45) is 5.92 Å². The van der Waals surface area contributed by atoms with E-state index in [2.05, 4.69) is 10.6 Å². The van der Waals surface area contributed by atoms with Crippen molar-refractivity contribution < 1.29 is 29.2 Å². The van der Waals surface area contributed by atoms with Gasteiger partial charge in [-0.15, -0.1) is 23.4 Å². The van der Waals surface area contributed by atoms with Gasteiger partial charge in [-0.25, -0.2) is 0 Å². The Morgan fingerprint density at radius 1 is 1.19 bits per heavy atom. The SMILES string of the molecule is CSC1OC(C(NC(=O)C2CCC(CCCCCF)CCN2)C(C)Cl)C(O)C(O)C1O. The van der Waals surface area contributed by atoms with Crippen molar-refractivity contribution in [2.45, 2.75) is 99.2 Å². The second-order valence-corrected chi connectivity index (χ2v) is 10.3. The van der Waals surface area contributed by atoms with Gasteiger partial charge in [0.05, 0.1) is 24.1 Å². The van der Waals surface area contributed by atoms with Gasteiger partial charge in [0.1, 0.15) is 29.9 Å². The van der Waals surface area contributed by atoms with Crippen LogP contribution in [0.1, 0.15) is 51.9 Å². The van der Waals surface area contributed by atoms with E-state index in [0.717, 1.165) is 38.6 Å². The number of hydrogen-bond acceptors (Lipinski definition) is 7. The summed E-state index contributed by atoms with van der Waals surface area (Å²) in [5, 5.41) is 36.4. The molecule has 2 aliphatic rings. The first-order valence-electron chi connectivity index (χ1n) is 11.3.